The minimum Gasteiger partial charge on any atom is -0.320 e. The molecule has 1 N–H and O–H groups in total. The monoisotopic (exact) mass is 334 g/mol. The molecule has 0 aromatic heterocycles. The van der Waals surface area contributed by atoms with Crippen LogP contribution in [0.25, 0.3) is 0 Å². The number of rotatable bonds is 3. The van der Waals surface area contributed by atoms with Crippen molar-refractivity contribution < 1.29 is 9.18 Å². The number of halogens is 1. The molecule has 1 amide bonds. The summed E-state index contributed by atoms with van der Waals surface area (Å²) < 4.78 is 13.4. The van der Waals surface area contributed by atoms with Gasteiger partial charge in [-0.1, -0.05) is 29.2 Å². The first-order valence-electron chi connectivity index (χ1n) is 7.83. The van der Waals surface area contributed by atoms with Gasteiger partial charge in [0.2, 0.25) is 6.67 Å². The molecule has 0 unspecified atom stereocenters. The van der Waals surface area contributed by atoms with Gasteiger partial charge in [0.05, 0.1) is 0 Å². The second kappa shape index (κ2) is 6.33. The van der Waals surface area contributed by atoms with Crippen LogP contribution in [0.4, 0.5) is 15.8 Å². The second-order valence-corrected chi connectivity index (χ2v) is 5.68. The van der Waals surface area contributed by atoms with Crippen molar-refractivity contribution in [2.24, 2.45) is 4.99 Å². The minimum absolute atomic E-state index is 0.265. The van der Waals surface area contributed by atoms with Crippen LogP contribution < -0.4 is 15.1 Å². The number of para-hydroxylation sites is 1. The van der Waals surface area contributed by atoms with E-state index in [0.29, 0.717) is 18.2 Å². The average Bonchev–Trinajstić information content (AvgIpc) is 3.06. The van der Waals surface area contributed by atoms with Crippen molar-refractivity contribution in [1.82, 2.24) is 4.90 Å². The average molecular weight is 334 g/mol. The summed E-state index contributed by atoms with van der Waals surface area (Å²) in [4.78, 5) is 20.4. The number of nitrogens with zero attached hydrogens (tertiary/aromatic N) is 3. The number of carbonyl (C=O) groups is 1. The predicted octanol–water partition coefficient (Wildman–Crippen LogP) is 3.15. The number of hydrogen-bond acceptors (Lipinski definition) is 4. The fourth-order valence-corrected chi connectivity index (χ4v) is 2.69. The normalized spacial score (nSPS) is 16.3. The lowest BCUT2D eigenvalue weighted by atomic mass is 10.2. The van der Waals surface area contributed by atoms with E-state index in [-0.39, 0.29) is 11.7 Å². The topological polar surface area (TPSA) is 50.6 Å². The maximum atomic E-state index is 13.4. The molecule has 2 aromatic carbocycles. The number of aliphatic imine (C=N–C) groups is 1. The van der Waals surface area contributed by atoms with Gasteiger partial charge in [-0.05, 0) is 30.3 Å². The van der Waals surface area contributed by atoms with E-state index in [1.807, 2.05) is 52.4 Å². The Morgan fingerprint density at radius 2 is 2.00 bits per heavy atom. The molecule has 123 valence electrons. The molecule has 2 aliphatic heterocycles. The van der Waals surface area contributed by atoms with E-state index in [2.05, 4.69) is 10.3 Å². The molecule has 0 bridgehead atoms. The first-order valence-corrected chi connectivity index (χ1v) is 7.83. The first-order chi connectivity index (χ1) is 12.2. The Hall–Kier alpha value is -3.25. The largest absolute Gasteiger partial charge is 0.320 e. The number of fused-ring (bicyclic) bond motifs is 1. The van der Waals surface area contributed by atoms with E-state index >= 15 is 0 Å². The lowest BCUT2D eigenvalue weighted by molar-refractivity contribution is -0.112. The highest BCUT2D eigenvalue weighted by Crippen LogP contribution is 2.22. The Labute approximate surface area is 144 Å². The fourth-order valence-electron chi connectivity index (χ4n) is 2.69. The lowest BCUT2D eigenvalue weighted by Crippen LogP contribution is -2.41. The molecule has 0 saturated carbocycles. The number of anilines is 2. The van der Waals surface area contributed by atoms with Crippen molar-refractivity contribution >= 4 is 23.1 Å². The van der Waals surface area contributed by atoms with Crippen LogP contribution in [-0.2, 0) is 4.79 Å². The predicted molar refractivity (Wildman–Crippen MR) is 95.6 cm³/mol. The van der Waals surface area contributed by atoms with Gasteiger partial charge in [-0.3, -0.25) is 9.69 Å². The molecular formula is C19H15FN4O+. The molecule has 4 rings (SSSR count). The molecular weight excluding hydrogens is 319 g/mol. The van der Waals surface area contributed by atoms with Crippen molar-refractivity contribution in [3.8, 4) is 0 Å². The molecule has 25 heavy (non-hydrogen) atoms. The van der Waals surface area contributed by atoms with Crippen molar-refractivity contribution in [2.75, 3.05) is 16.9 Å². The molecule has 0 spiro atoms. The highest BCUT2D eigenvalue weighted by molar-refractivity contribution is 6.10. The van der Waals surface area contributed by atoms with Gasteiger partial charge in [0.25, 0.3) is 11.7 Å². The maximum Gasteiger partial charge on any atom is 0.285 e. The third-order valence-corrected chi connectivity index (χ3v) is 3.92. The molecule has 0 saturated heterocycles. The van der Waals surface area contributed by atoms with Gasteiger partial charge in [-0.25, -0.2) is 4.39 Å². The van der Waals surface area contributed by atoms with Crippen molar-refractivity contribution in [1.29, 1.82) is 0 Å². The third-order valence-electron chi connectivity index (χ3n) is 3.92. The molecule has 2 heterocycles. The Bertz CT molecular complexity index is 905. The van der Waals surface area contributed by atoms with Crippen LogP contribution in [-0.4, -0.2) is 18.4 Å². The molecule has 1 radical (unpaired) electrons. The van der Waals surface area contributed by atoms with Crippen LogP contribution in [0.5, 0.6) is 0 Å². The van der Waals surface area contributed by atoms with Gasteiger partial charge in [-0.15, -0.1) is 0 Å². The van der Waals surface area contributed by atoms with E-state index < -0.39 is 0 Å². The zero-order valence-corrected chi connectivity index (χ0v) is 13.3. The van der Waals surface area contributed by atoms with Gasteiger partial charge >= 0.3 is 0 Å². The number of carbonyl (C=O) groups excluding carboxylic acids is 1. The molecule has 5 nitrogen and oxygen atoms in total. The Kier molecular flexibility index (Phi) is 3.87. The summed E-state index contributed by atoms with van der Waals surface area (Å²) in [6.45, 7) is 0.459. The smallest absolute Gasteiger partial charge is 0.285 e. The summed E-state index contributed by atoms with van der Waals surface area (Å²) >= 11 is 0. The second-order valence-electron chi connectivity index (χ2n) is 5.68. The van der Waals surface area contributed by atoms with Crippen LogP contribution in [0.1, 0.15) is 0 Å². The van der Waals surface area contributed by atoms with E-state index in [1.54, 1.807) is 18.3 Å². The minimum atomic E-state index is -0.287. The van der Waals surface area contributed by atoms with Gasteiger partial charge < -0.3 is 5.32 Å². The quantitative estimate of drug-likeness (QED) is 0.877. The standard InChI is InChI=1S/C19H15FN4O/c20-14-5-4-8-16(11-14)23-10-9-18-22-17(12-24(18)13-23)19(25)21-15-6-2-1-3-7-15/h1-12H,13H2,(H,21,25)/q+1. The molecule has 2 aromatic rings. The zero-order chi connectivity index (χ0) is 17.2. The number of amidine groups is 1. The molecule has 0 aliphatic carbocycles. The number of hydrogen-bond donors (Lipinski definition) is 1. The third kappa shape index (κ3) is 3.20. The summed E-state index contributed by atoms with van der Waals surface area (Å²) in [7, 11) is 0. The van der Waals surface area contributed by atoms with Crippen LogP contribution in [0.15, 0.2) is 83.8 Å². The fraction of sp³-hybridized carbons (Fsp3) is 0.0526. The van der Waals surface area contributed by atoms with Gasteiger partial charge in [0.1, 0.15) is 5.82 Å². The lowest BCUT2D eigenvalue weighted by Gasteiger charge is -2.22. The van der Waals surface area contributed by atoms with Gasteiger partial charge in [-0.2, -0.15) is 4.99 Å². The summed E-state index contributed by atoms with van der Waals surface area (Å²) in [5.74, 6) is 0.134. The van der Waals surface area contributed by atoms with Crippen molar-refractivity contribution in [3.05, 3.63) is 84.6 Å². The van der Waals surface area contributed by atoms with Crippen LogP contribution in [0, 0.1) is 5.82 Å². The van der Waals surface area contributed by atoms with Crippen LogP contribution in [0.2, 0.25) is 0 Å². The van der Waals surface area contributed by atoms with E-state index in [1.165, 1.54) is 12.1 Å². The summed E-state index contributed by atoms with van der Waals surface area (Å²) in [5, 5.41) is 2.82. The summed E-state index contributed by atoms with van der Waals surface area (Å²) in [5.41, 5.74) is 1.80. The highest BCUT2D eigenvalue weighted by atomic mass is 19.1. The van der Waals surface area contributed by atoms with Gasteiger partial charge in [0, 0.05) is 23.7 Å². The molecule has 2 aliphatic rings. The van der Waals surface area contributed by atoms with E-state index in [0.717, 1.165) is 11.4 Å². The Balaban J connectivity index is 1.50. The zero-order valence-electron chi connectivity index (χ0n) is 13.3. The van der Waals surface area contributed by atoms with Crippen LogP contribution >= 0.6 is 0 Å². The van der Waals surface area contributed by atoms with Crippen molar-refractivity contribution in [3.63, 3.8) is 0 Å². The summed E-state index contributed by atoms with van der Waals surface area (Å²) in [6.07, 6.45) is 5.33. The highest BCUT2D eigenvalue weighted by Gasteiger charge is 2.35. The molecule has 0 fully saturated rings. The number of amides is 1. The van der Waals surface area contributed by atoms with E-state index in [4.69, 9.17) is 0 Å². The first kappa shape index (κ1) is 15.3. The van der Waals surface area contributed by atoms with E-state index in [9.17, 15) is 9.18 Å². The summed E-state index contributed by atoms with van der Waals surface area (Å²) in [6, 6.07) is 15.6. The Morgan fingerprint density at radius 1 is 1.16 bits per heavy atom. The maximum absolute atomic E-state index is 13.4. The molecule has 0 atom stereocenters. The van der Waals surface area contributed by atoms with Gasteiger partial charge in [0.15, 0.2) is 11.9 Å². The molecule has 6 heteroatoms. The SMILES string of the molecule is O=C(Nc1ccccc1)C1=C[N+]2CN(c3cccc(F)c3)C=CC2=N1. The number of nitrogens with one attached hydrogen (secondary N) is 1. The Morgan fingerprint density at radius 3 is 2.80 bits per heavy atom. The number of benzene rings is 2. The van der Waals surface area contributed by atoms with Crippen LogP contribution in [0.3, 0.4) is 0 Å². The van der Waals surface area contributed by atoms with Crippen molar-refractivity contribution in [2.45, 2.75) is 0 Å².